The van der Waals surface area contributed by atoms with Gasteiger partial charge >= 0.3 is 0 Å². The molecule has 1 rings (SSSR count). The van der Waals surface area contributed by atoms with Crippen molar-refractivity contribution in [1.29, 1.82) is 0 Å². The van der Waals surface area contributed by atoms with Crippen LogP contribution in [-0.2, 0) is 6.42 Å². The van der Waals surface area contributed by atoms with Crippen LogP contribution in [0.2, 0.25) is 0 Å². The predicted octanol–water partition coefficient (Wildman–Crippen LogP) is 4.95. The fourth-order valence-electron chi connectivity index (χ4n) is 1.59. The van der Waals surface area contributed by atoms with Gasteiger partial charge in [-0.1, -0.05) is 39.0 Å². The third-order valence-electron chi connectivity index (χ3n) is 2.49. The van der Waals surface area contributed by atoms with E-state index in [2.05, 4.69) is 28.9 Å². The Kier molecular flexibility index (Phi) is 6.00. The summed E-state index contributed by atoms with van der Waals surface area (Å²) in [7, 11) is 0. The Bertz CT molecular complexity index is 242. The van der Waals surface area contributed by atoms with E-state index in [4.69, 9.17) is 4.42 Å². The Morgan fingerprint density at radius 3 is 2.50 bits per heavy atom. The predicted molar refractivity (Wildman–Crippen MR) is 63.5 cm³/mol. The maximum atomic E-state index is 5.18. The van der Waals surface area contributed by atoms with E-state index in [-0.39, 0.29) is 0 Å². The molecule has 0 spiro atoms. The quantitative estimate of drug-likeness (QED) is 0.632. The molecule has 1 aromatic heterocycles. The molecule has 0 aliphatic heterocycles. The van der Waals surface area contributed by atoms with Gasteiger partial charge in [-0.25, -0.2) is 0 Å². The molecule has 0 N–H and O–H groups in total. The topological polar surface area (TPSA) is 13.1 Å². The zero-order valence-corrected chi connectivity index (χ0v) is 10.5. The number of unbranched alkanes of at least 4 members (excludes halogenated alkanes) is 5. The minimum Gasteiger partial charge on any atom is -0.457 e. The summed E-state index contributed by atoms with van der Waals surface area (Å²) in [4.78, 5) is 0. The zero-order chi connectivity index (χ0) is 10.2. The first-order valence-electron chi connectivity index (χ1n) is 5.56. The second-order valence-corrected chi connectivity index (χ2v) is 4.46. The summed E-state index contributed by atoms with van der Waals surface area (Å²) in [6, 6.07) is 2.05. The third kappa shape index (κ3) is 4.32. The summed E-state index contributed by atoms with van der Waals surface area (Å²) < 4.78 is 6.09. The molecule has 1 heterocycles. The molecule has 0 atom stereocenters. The van der Waals surface area contributed by atoms with Gasteiger partial charge in [0.15, 0.2) is 4.67 Å². The molecule has 80 valence electrons. The Balaban J connectivity index is 2.02. The van der Waals surface area contributed by atoms with Crippen LogP contribution in [0.3, 0.4) is 0 Å². The van der Waals surface area contributed by atoms with Gasteiger partial charge in [-0.2, -0.15) is 0 Å². The van der Waals surface area contributed by atoms with Gasteiger partial charge in [-0.3, -0.25) is 0 Å². The van der Waals surface area contributed by atoms with Crippen LogP contribution in [0.15, 0.2) is 21.4 Å². The molecule has 0 fully saturated rings. The lowest BCUT2D eigenvalue weighted by Gasteiger charge is -1.99. The largest absolute Gasteiger partial charge is 0.457 e. The van der Waals surface area contributed by atoms with E-state index in [1.54, 1.807) is 6.26 Å². The summed E-state index contributed by atoms with van der Waals surface area (Å²) in [6.45, 7) is 2.25. The van der Waals surface area contributed by atoms with Gasteiger partial charge < -0.3 is 4.42 Å². The van der Waals surface area contributed by atoms with Crippen molar-refractivity contribution in [3.05, 3.63) is 22.6 Å². The molecule has 0 saturated heterocycles. The van der Waals surface area contributed by atoms with Crippen LogP contribution in [0, 0.1) is 0 Å². The average Bonchev–Trinajstić information content (AvgIpc) is 2.58. The Labute approximate surface area is 95.0 Å². The smallest absolute Gasteiger partial charge is 0.172 e. The number of furan rings is 1. The molecule has 0 bridgehead atoms. The first-order chi connectivity index (χ1) is 6.84. The molecule has 0 radical (unpaired) electrons. The molecule has 2 heteroatoms. The van der Waals surface area contributed by atoms with Crippen LogP contribution in [0.5, 0.6) is 0 Å². The lowest BCUT2D eigenvalue weighted by molar-refractivity contribution is 0.534. The summed E-state index contributed by atoms with van der Waals surface area (Å²) in [5, 5.41) is 0. The van der Waals surface area contributed by atoms with Crippen LogP contribution in [-0.4, -0.2) is 0 Å². The summed E-state index contributed by atoms with van der Waals surface area (Å²) >= 11 is 3.39. The number of aryl methyl sites for hydroxylation is 1. The molecule has 14 heavy (non-hydrogen) atoms. The summed E-state index contributed by atoms with van der Waals surface area (Å²) in [6.07, 6.45) is 11.0. The highest BCUT2D eigenvalue weighted by Gasteiger charge is 2.01. The van der Waals surface area contributed by atoms with Crippen molar-refractivity contribution in [2.45, 2.75) is 51.9 Å². The molecule has 0 aliphatic rings. The van der Waals surface area contributed by atoms with E-state index in [9.17, 15) is 0 Å². The molecule has 0 amide bonds. The molecule has 0 aliphatic carbocycles. The van der Waals surface area contributed by atoms with Crippen LogP contribution in [0.1, 0.15) is 51.0 Å². The number of halogens is 1. The number of hydrogen-bond donors (Lipinski definition) is 0. The first-order valence-corrected chi connectivity index (χ1v) is 6.35. The summed E-state index contributed by atoms with van der Waals surface area (Å²) in [5.41, 5.74) is 1.31. The second-order valence-electron chi connectivity index (χ2n) is 3.74. The first kappa shape index (κ1) is 11.8. The van der Waals surface area contributed by atoms with Crippen LogP contribution in [0.4, 0.5) is 0 Å². The van der Waals surface area contributed by atoms with E-state index < -0.39 is 0 Å². The van der Waals surface area contributed by atoms with Crippen molar-refractivity contribution >= 4 is 15.9 Å². The van der Waals surface area contributed by atoms with Crippen molar-refractivity contribution < 1.29 is 4.42 Å². The lowest BCUT2D eigenvalue weighted by atomic mass is 10.1. The summed E-state index contributed by atoms with van der Waals surface area (Å²) in [5.74, 6) is 0. The fraction of sp³-hybridized carbons (Fsp3) is 0.667. The maximum Gasteiger partial charge on any atom is 0.172 e. The highest BCUT2D eigenvalue weighted by Crippen LogP contribution is 2.20. The third-order valence-corrected chi connectivity index (χ3v) is 3.19. The van der Waals surface area contributed by atoms with E-state index >= 15 is 0 Å². The van der Waals surface area contributed by atoms with Gasteiger partial charge in [0.05, 0.1) is 6.26 Å². The number of rotatable bonds is 7. The second kappa shape index (κ2) is 7.10. The van der Waals surface area contributed by atoms with Crippen molar-refractivity contribution in [3.8, 4) is 0 Å². The van der Waals surface area contributed by atoms with E-state index in [0.717, 1.165) is 11.1 Å². The van der Waals surface area contributed by atoms with Crippen LogP contribution < -0.4 is 0 Å². The Hall–Kier alpha value is -0.240. The molecule has 0 saturated carbocycles. The van der Waals surface area contributed by atoms with Gasteiger partial charge in [-0.15, -0.1) is 0 Å². The van der Waals surface area contributed by atoms with Crippen LogP contribution in [0.25, 0.3) is 0 Å². The molecule has 0 unspecified atom stereocenters. The SMILES string of the molecule is CCCCCCCCc1ccoc1Br. The van der Waals surface area contributed by atoms with E-state index in [1.165, 1.54) is 44.1 Å². The van der Waals surface area contributed by atoms with Gasteiger partial charge in [0, 0.05) is 5.56 Å². The molecule has 1 aromatic rings. The minimum atomic E-state index is 0.908. The van der Waals surface area contributed by atoms with Crippen LogP contribution >= 0.6 is 15.9 Å². The monoisotopic (exact) mass is 258 g/mol. The molecular weight excluding hydrogens is 240 g/mol. The fourth-order valence-corrected chi connectivity index (χ4v) is 2.03. The highest BCUT2D eigenvalue weighted by atomic mass is 79.9. The minimum absolute atomic E-state index is 0.908. The van der Waals surface area contributed by atoms with Gasteiger partial charge in [-0.05, 0) is 34.8 Å². The van der Waals surface area contributed by atoms with Gasteiger partial charge in [0.2, 0.25) is 0 Å². The van der Waals surface area contributed by atoms with Gasteiger partial charge in [0.25, 0.3) is 0 Å². The van der Waals surface area contributed by atoms with E-state index in [0.29, 0.717) is 0 Å². The van der Waals surface area contributed by atoms with Crippen molar-refractivity contribution in [2.24, 2.45) is 0 Å². The van der Waals surface area contributed by atoms with Crippen molar-refractivity contribution in [1.82, 2.24) is 0 Å². The average molecular weight is 259 g/mol. The lowest BCUT2D eigenvalue weighted by Crippen LogP contribution is -1.84. The Morgan fingerprint density at radius 2 is 1.86 bits per heavy atom. The molecule has 1 nitrogen and oxygen atoms in total. The van der Waals surface area contributed by atoms with Crippen molar-refractivity contribution in [3.63, 3.8) is 0 Å². The molecule has 0 aromatic carbocycles. The van der Waals surface area contributed by atoms with E-state index in [1.807, 2.05) is 0 Å². The Morgan fingerprint density at radius 1 is 1.14 bits per heavy atom. The number of hydrogen-bond acceptors (Lipinski definition) is 1. The zero-order valence-electron chi connectivity index (χ0n) is 8.89. The molecular formula is C12H19BrO. The maximum absolute atomic E-state index is 5.18. The highest BCUT2D eigenvalue weighted by molar-refractivity contribution is 9.10. The van der Waals surface area contributed by atoms with Gasteiger partial charge in [0.1, 0.15) is 0 Å². The standard InChI is InChI=1S/C12H19BrO/c1-2-3-4-5-6-7-8-11-9-10-14-12(11)13/h9-10H,2-8H2,1H3. The van der Waals surface area contributed by atoms with Crippen molar-refractivity contribution in [2.75, 3.05) is 0 Å². The normalized spacial score (nSPS) is 10.7.